The van der Waals surface area contributed by atoms with Crippen LogP contribution in [0.15, 0.2) is 48.7 Å². The summed E-state index contributed by atoms with van der Waals surface area (Å²) in [5, 5.41) is 3.00. The van der Waals surface area contributed by atoms with Crippen molar-refractivity contribution in [3.63, 3.8) is 0 Å². The van der Waals surface area contributed by atoms with Gasteiger partial charge in [0.25, 0.3) is 0 Å². The topological polar surface area (TPSA) is 37.8 Å². The van der Waals surface area contributed by atoms with Crippen LogP contribution in [0.1, 0.15) is 11.3 Å². The highest BCUT2D eigenvalue weighted by Crippen LogP contribution is 2.32. The lowest BCUT2D eigenvalue weighted by Gasteiger charge is -2.12. The Kier molecular flexibility index (Phi) is 3.44. The van der Waals surface area contributed by atoms with Crippen molar-refractivity contribution in [3.8, 4) is 0 Å². The standard InChI is InChI=1S/C16H12F3N3/c1-10-8-14(15-13(21-10)6-3-7-20-15)22-12-5-2-4-11(9-12)16(17,18)19/h2-9H,1H3,(H,21,22). The molecule has 1 N–H and O–H groups in total. The number of benzene rings is 1. The number of alkyl halides is 3. The fraction of sp³-hybridized carbons (Fsp3) is 0.125. The molecule has 0 bridgehead atoms. The molecule has 0 radical (unpaired) electrons. The maximum absolute atomic E-state index is 12.8. The Balaban J connectivity index is 2.04. The number of anilines is 2. The highest BCUT2D eigenvalue weighted by atomic mass is 19.4. The predicted molar refractivity (Wildman–Crippen MR) is 79.0 cm³/mol. The molecular weight excluding hydrogens is 291 g/mol. The largest absolute Gasteiger partial charge is 0.416 e. The van der Waals surface area contributed by atoms with Gasteiger partial charge in [0.1, 0.15) is 5.52 Å². The molecule has 22 heavy (non-hydrogen) atoms. The quantitative estimate of drug-likeness (QED) is 0.745. The van der Waals surface area contributed by atoms with Crippen molar-refractivity contribution in [1.29, 1.82) is 0 Å². The third-order valence-electron chi connectivity index (χ3n) is 3.16. The highest BCUT2D eigenvalue weighted by molar-refractivity contribution is 5.89. The van der Waals surface area contributed by atoms with E-state index in [1.54, 1.807) is 24.4 Å². The average molecular weight is 303 g/mol. The van der Waals surface area contributed by atoms with E-state index in [2.05, 4.69) is 15.3 Å². The van der Waals surface area contributed by atoms with Crippen molar-refractivity contribution in [2.75, 3.05) is 5.32 Å². The van der Waals surface area contributed by atoms with E-state index in [1.165, 1.54) is 6.07 Å². The number of aryl methyl sites for hydroxylation is 1. The molecule has 0 unspecified atom stereocenters. The molecular formula is C16H12F3N3. The lowest BCUT2D eigenvalue weighted by Crippen LogP contribution is -2.05. The lowest BCUT2D eigenvalue weighted by atomic mass is 10.2. The molecule has 0 aliphatic heterocycles. The molecule has 0 amide bonds. The number of fused-ring (bicyclic) bond motifs is 1. The second-order valence-corrected chi connectivity index (χ2v) is 4.89. The van der Waals surface area contributed by atoms with E-state index in [9.17, 15) is 13.2 Å². The number of aromatic nitrogens is 2. The van der Waals surface area contributed by atoms with Gasteiger partial charge >= 0.3 is 6.18 Å². The summed E-state index contributed by atoms with van der Waals surface area (Å²) in [6.45, 7) is 1.82. The number of hydrogen-bond donors (Lipinski definition) is 1. The number of rotatable bonds is 2. The van der Waals surface area contributed by atoms with Gasteiger partial charge in [0.15, 0.2) is 0 Å². The summed E-state index contributed by atoms with van der Waals surface area (Å²) >= 11 is 0. The lowest BCUT2D eigenvalue weighted by molar-refractivity contribution is -0.137. The molecule has 0 fully saturated rings. The summed E-state index contributed by atoms with van der Waals surface area (Å²) in [5.74, 6) is 0. The van der Waals surface area contributed by atoms with Crippen LogP contribution in [0.2, 0.25) is 0 Å². The minimum atomic E-state index is -4.37. The van der Waals surface area contributed by atoms with Crippen LogP contribution in [0, 0.1) is 6.92 Å². The van der Waals surface area contributed by atoms with E-state index in [-0.39, 0.29) is 0 Å². The maximum atomic E-state index is 12.8. The number of nitrogens with one attached hydrogen (secondary N) is 1. The third kappa shape index (κ3) is 2.86. The third-order valence-corrected chi connectivity index (χ3v) is 3.16. The van der Waals surface area contributed by atoms with Crippen molar-refractivity contribution >= 4 is 22.4 Å². The molecule has 0 spiro atoms. The van der Waals surface area contributed by atoms with Gasteiger partial charge in [-0.15, -0.1) is 0 Å². The highest BCUT2D eigenvalue weighted by Gasteiger charge is 2.30. The van der Waals surface area contributed by atoms with Crippen LogP contribution in [0.5, 0.6) is 0 Å². The predicted octanol–water partition coefficient (Wildman–Crippen LogP) is 4.70. The maximum Gasteiger partial charge on any atom is 0.416 e. The minimum Gasteiger partial charge on any atom is -0.354 e. The van der Waals surface area contributed by atoms with Crippen LogP contribution >= 0.6 is 0 Å². The summed E-state index contributed by atoms with van der Waals surface area (Å²) in [6.07, 6.45) is -2.75. The zero-order valence-corrected chi connectivity index (χ0v) is 11.6. The van der Waals surface area contributed by atoms with Crippen LogP contribution in [0.3, 0.4) is 0 Å². The molecule has 2 heterocycles. The molecule has 1 aromatic carbocycles. The first-order chi connectivity index (χ1) is 10.4. The zero-order valence-electron chi connectivity index (χ0n) is 11.6. The fourth-order valence-electron chi connectivity index (χ4n) is 2.22. The van der Waals surface area contributed by atoms with Gasteiger partial charge in [0, 0.05) is 17.6 Å². The van der Waals surface area contributed by atoms with Crippen molar-refractivity contribution in [2.24, 2.45) is 0 Å². The molecule has 0 atom stereocenters. The summed E-state index contributed by atoms with van der Waals surface area (Å²) < 4.78 is 38.3. The molecule has 0 saturated carbocycles. The summed E-state index contributed by atoms with van der Waals surface area (Å²) in [4.78, 5) is 8.59. The zero-order chi connectivity index (χ0) is 15.7. The fourth-order valence-corrected chi connectivity index (χ4v) is 2.22. The van der Waals surface area contributed by atoms with Gasteiger partial charge in [-0.25, -0.2) is 0 Å². The van der Waals surface area contributed by atoms with E-state index in [1.807, 2.05) is 13.0 Å². The molecule has 6 heteroatoms. The molecule has 3 nitrogen and oxygen atoms in total. The van der Waals surface area contributed by atoms with Gasteiger partial charge in [-0.05, 0) is 43.3 Å². The number of nitrogens with zero attached hydrogens (tertiary/aromatic N) is 2. The van der Waals surface area contributed by atoms with Gasteiger partial charge in [-0.2, -0.15) is 13.2 Å². The van der Waals surface area contributed by atoms with Crippen molar-refractivity contribution in [2.45, 2.75) is 13.1 Å². The Morgan fingerprint density at radius 1 is 1.05 bits per heavy atom. The average Bonchev–Trinajstić information content (AvgIpc) is 2.46. The Hall–Kier alpha value is -2.63. The molecule has 2 aromatic heterocycles. The van der Waals surface area contributed by atoms with Gasteiger partial charge in [-0.1, -0.05) is 6.07 Å². The van der Waals surface area contributed by atoms with E-state index in [0.717, 1.165) is 17.8 Å². The van der Waals surface area contributed by atoms with Crippen molar-refractivity contribution < 1.29 is 13.2 Å². The number of halogens is 3. The number of hydrogen-bond acceptors (Lipinski definition) is 3. The molecule has 3 aromatic rings. The SMILES string of the molecule is Cc1cc(Nc2cccc(C(F)(F)F)c2)c2ncccc2n1. The van der Waals surface area contributed by atoms with E-state index in [4.69, 9.17) is 0 Å². The molecule has 3 rings (SSSR count). The van der Waals surface area contributed by atoms with Crippen LogP contribution in [0.4, 0.5) is 24.5 Å². The van der Waals surface area contributed by atoms with Gasteiger partial charge in [0.05, 0.1) is 16.8 Å². The Bertz CT molecular complexity index is 828. The van der Waals surface area contributed by atoms with Crippen molar-refractivity contribution in [3.05, 3.63) is 59.9 Å². The van der Waals surface area contributed by atoms with Crippen LogP contribution < -0.4 is 5.32 Å². The van der Waals surface area contributed by atoms with Gasteiger partial charge < -0.3 is 5.32 Å². The van der Waals surface area contributed by atoms with Gasteiger partial charge in [-0.3, -0.25) is 9.97 Å². The normalized spacial score (nSPS) is 11.6. The minimum absolute atomic E-state index is 0.354. The summed E-state index contributed by atoms with van der Waals surface area (Å²) in [7, 11) is 0. The van der Waals surface area contributed by atoms with Crippen LogP contribution in [0.25, 0.3) is 11.0 Å². The molecule has 0 aliphatic rings. The second-order valence-electron chi connectivity index (χ2n) is 4.89. The van der Waals surface area contributed by atoms with Crippen LogP contribution in [-0.2, 0) is 6.18 Å². The molecule has 112 valence electrons. The van der Waals surface area contributed by atoms with E-state index >= 15 is 0 Å². The Morgan fingerprint density at radius 3 is 2.64 bits per heavy atom. The first-order valence-electron chi connectivity index (χ1n) is 6.60. The van der Waals surface area contributed by atoms with E-state index < -0.39 is 11.7 Å². The molecule has 0 aliphatic carbocycles. The van der Waals surface area contributed by atoms with Crippen molar-refractivity contribution in [1.82, 2.24) is 9.97 Å². The summed E-state index contributed by atoms with van der Waals surface area (Å²) in [5.41, 5.74) is 2.35. The Labute approximate surface area is 124 Å². The Morgan fingerprint density at radius 2 is 1.86 bits per heavy atom. The first-order valence-corrected chi connectivity index (χ1v) is 6.60. The monoisotopic (exact) mass is 303 g/mol. The first kappa shape index (κ1) is 14.3. The summed E-state index contributed by atoms with van der Waals surface area (Å²) in [6, 6.07) is 10.4. The van der Waals surface area contributed by atoms with Crippen LogP contribution in [-0.4, -0.2) is 9.97 Å². The van der Waals surface area contributed by atoms with Gasteiger partial charge in [0.2, 0.25) is 0 Å². The molecule has 0 saturated heterocycles. The van der Waals surface area contributed by atoms with E-state index in [0.29, 0.717) is 22.4 Å². The second kappa shape index (κ2) is 5.29. The smallest absolute Gasteiger partial charge is 0.354 e. The number of pyridine rings is 2.